The lowest BCUT2D eigenvalue weighted by molar-refractivity contribution is 0.112. The number of benzene rings is 1. The maximum absolute atomic E-state index is 9.66. The van der Waals surface area contributed by atoms with Gasteiger partial charge in [-0.2, -0.15) is 0 Å². The molecule has 0 aromatic heterocycles. The van der Waals surface area contributed by atoms with Gasteiger partial charge in [0.05, 0.1) is 6.10 Å². The van der Waals surface area contributed by atoms with Crippen LogP contribution in [0.5, 0.6) is 0 Å². The molecule has 0 aliphatic rings. The molecule has 1 aromatic rings. The molecule has 0 saturated heterocycles. The third-order valence-corrected chi connectivity index (χ3v) is 2.58. The number of aliphatic hydroxyl groups is 1. The third-order valence-electron chi connectivity index (χ3n) is 2.58. The summed E-state index contributed by atoms with van der Waals surface area (Å²) in [4.78, 5) is 2.20. The first-order chi connectivity index (χ1) is 7.76. The Morgan fingerprint density at radius 2 is 2.06 bits per heavy atom. The minimum atomic E-state index is -0.247. The zero-order valence-corrected chi connectivity index (χ0v) is 9.97. The van der Waals surface area contributed by atoms with Crippen molar-refractivity contribution >= 4 is 0 Å². The van der Waals surface area contributed by atoms with Crippen molar-refractivity contribution in [1.29, 1.82) is 0 Å². The van der Waals surface area contributed by atoms with E-state index in [1.54, 1.807) is 0 Å². The van der Waals surface area contributed by atoms with E-state index in [2.05, 4.69) is 23.6 Å². The first-order valence-corrected chi connectivity index (χ1v) is 5.81. The second kappa shape index (κ2) is 7.20. The molecule has 1 rings (SSSR count). The van der Waals surface area contributed by atoms with Crippen molar-refractivity contribution in [3.63, 3.8) is 0 Å². The Morgan fingerprint density at radius 1 is 1.38 bits per heavy atom. The second-order valence-corrected chi connectivity index (χ2v) is 4.03. The summed E-state index contributed by atoms with van der Waals surface area (Å²) in [6.45, 7) is 8.13. The average molecular weight is 219 g/mol. The zero-order chi connectivity index (χ0) is 11.8. The average Bonchev–Trinajstić information content (AvgIpc) is 2.30. The lowest BCUT2D eigenvalue weighted by Crippen LogP contribution is -2.31. The molecule has 0 unspecified atom stereocenters. The van der Waals surface area contributed by atoms with Crippen molar-refractivity contribution < 1.29 is 5.11 Å². The lowest BCUT2D eigenvalue weighted by Gasteiger charge is -2.23. The minimum Gasteiger partial charge on any atom is -0.392 e. The van der Waals surface area contributed by atoms with E-state index in [1.165, 1.54) is 5.56 Å². The van der Waals surface area contributed by atoms with Gasteiger partial charge in [-0.05, 0) is 12.0 Å². The van der Waals surface area contributed by atoms with E-state index < -0.39 is 0 Å². The number of hydrogen-bond acceptors (Lipinski definition) is 2. The standard InChI is InChI=1S/C14H21NO/c1-3-10-15(12-14(16)4-2)11-13-8-6-5-7-9-13/h3,5-9,14,16H,1,4,10-12H2,2H3/t14-/m1/s1. The molecule has 0 spiro atoms. The number of hydrogen-bond donors (Lipinski definition) is 1. The highest BCUT2D eigenvalue weighted by atomic mass is 16.3. The van der Waals surface area contributed by atoms with Crippen molar-refractivity contribution in [3.8, 4) is 0 Å². The first kappa shape index (κ1) is 12.9. The molecule has 88 valence electrons. The molecule has 0 bridgehead atoms. The van der Waals surface area contributed by atoms with Gasteiger partial charge >= 0.3 is 0 Å². The van der Waals surface area contributed by atoms with Gasteiger partial charge in [-0.25, -0.2) is 0 Å². The summed E-state index contributed by atoms with van der Waals surface area (Å²) in [5.74, 6) is 0. The van der Waals surface area contributed by atoms with Crippen LogP contribution in [0.15, 0.2) is 43.0 Å². The normalized spacial score (nSPS) is 12.7. The topological polar surface area (TPSA) is 23.5 Å². The molecule has 0 radical (unpaired) electrons. The van der Waals surface area contributed by atoms with Crippen molar-refractivity contribution in [2.45, 2.75) is 26.0 Å². The Hall–Kier alpha value is -1.12. The fourth-order valence-electron chi connectivity index (χ4n) is 1.65. The summed E-state index contributed by atoms with van der Waals surface area (Å²) in [5.41, 5.74) is 1.27. The molecule has 1 aromatic carbocycles. The van der Waals surface area contributed by atoms with Crippen LogP contribution in [0.3, 0.4) is 0 Å². The maximum atomic E-state index is 9.66. The van der Waals surface area contributed by atoms with Crippen LogP contribution in [0.2, 0.25) is 0 Å². The van der Waals surface area contributed by atoms with E-state index >= 15 is 0 Å². The van der Waals surface area contributed by atoms with Gasteiger partial charge in [0.2, 0.25) is 0 Å². The van der Waals surface area contributed by atoms with E-state index in [0.717, 1.165) is 19.5 Å². The molecule has 1 N–H and O–H groups in total. The van der Waals surface area contributed by atoms with Gasteiger partial charge < -0.3 is 5.11 Å². The van der Waals surface area contributed by atoms with Crippen LogP contribution in [0.1, 0.15) is 18.9 Å². The van der Waals surface area contributed by atoms with Crippen LogP contribution in [-0.2, 0) is 6.54 Å². The van der Waals surface area contributed by atoms with E-state index in [-0.39, 0.29) is 6.10 Å². The quantitative estimate of drug-likeness (QED) is 0.712. The van der Waals surface area contributed by atoms with Gasteiger partial charge in [-0.15, -0.1) is 6.58 Å². The van der Waals surface area contributed by atoms with Crippen molar-refractivity contribution in [2.24, 2.45) is 0 Å². The van der Waals surface area contributed by atoms with Gasteiger partial charge in [-0.3, -0.25) is 4.90 Å². The molecule has 1 atom stereocenters. The SMILES string of the molecule is C=CCN(Cc1ccccc1)C[C@H](O)CC. The van der Waals surface area contributed by atoms with E-state index in [4.69, 9.17) is 0 Å². The van der Waals surface area contributed by atoms with Crippen LogP contribution < -0.4 is 0 Å². The fraction of sp³-hybridized carbons (Fsp3) is 0.429. The molecular weight excluding hydrogens is 198 g/mol. The summed E-state index contributed by atoms with van der Waals surface area (Å²) in [5, 5.41) is 9.66. The molecule has 0 fully saturated rings. The fourth-order valence-corrected chi connectivity index (χ4v) is 1.65. The second-order valence-electron chi connectivity index (χ2n) is 4.03. The molecule has 0 heterocycles. The number of aliphatic hydroxyl groups excluding tert-OH is 1. The smallest absolute Gasteiger partial charge is 0.0664 e. The zero-order valence-electron chi connectivity index (χ0n) is 9.97. The predicted octanol–water partition coefficient (Wildman–Crippen LogP) is 2.45. The summed E-state index contributed by atoms with van der Waals surface area (Å²) in [6.07, 6.45) is 2.43. The number of nitrogens with zero attached hydrogens (tertiary/aromatic N) is 1. The Labute approximate surface area is 98.2 Å². The lowest BCUT2D eigenvalue weighted by atomic mass is 10.2. The van der Waals surface area contributed by atoms with E-state index in [9.17, 15) is 5.11 Å². The third kappa shape index (κ3) is 4.60. The van der Waals surface area contributed by atoms with Crippen LogP contribution in [0.25, 0.3) is 0 Å². The van der Waals surface area contributed by atoms with Gasteiger partial charge in [0.1, 0.15) is 0 Å². The molecular formula is C14H21NO. The summed E-state index contributed by atoms with van der Waals surface area (Å²) >= 11 is 0. The molecule has 0 amide bonds. The summed E-state index contributed by atoms with van der Waals surface area (Å²) in [6, 6.07) is 10.3. The van der Waals surface area contributed by atoms with Crippen LogP contribution in [0, 0.1) is 0 Å². The Morgan fingerprint density at radius 3 is 2.62 bits per heavy atom. The molecule has 0 aliphatic heterocycles. The van der Waals surface area contributed by atoms with Crippen LogP contribution in [0.4, 0.5) is 0 Å². The van der Waals surface area contributed by atoms with Crippen molar-refractivity contribution in [3.05, 3.63) is 48.6 Å². The Kier molecular flexibility index (Phi) is 5.83. The molecule has 16 heavy (non-hydrogen) atoms. The van der Waals surface area contributed by atoms with Crippen LogP contribution >= 0.6 is 0 Å². The first-order valence-electron chi connectivity index (χ1n) is 5.81. The highest BCUT2D eigenvalue weighted by Gasteiger charge is 2.09. The van der Waals surface area contributed by atoms with Crippen molar-refractivity contribution in [1.82, 2.24) is 4.90 Å². The van der Waals surface area contributed by atoms with Crippen LogP contribution in [-0.4, -0.2) is 29.2 Å². The van der Waals surface area contributed by atoms with Gasteiger partial charge in [0, 0.05) is 19.6 Å². The maximum Gasteiger partial charge on any atom is 0.0664 e. The minimum absolute atomic E-state index is 0.247. The molecule has 0 saturated carbocycles. The highest BCUT2D eigenvalue weighted by molar-refractivity contribution is 5.14. The Bertz CT molecular complexity index is 297. The summed E-state index contributed by atoms with van der Waals surface area (Å²) in [7, 11) is 0. The molecule has 0 aliphatic carbocycles. The molecule has 2 heteroatoms. The van der Waals surface area contributed by atoms with E-state index in [0.29, 0.717) is 6.54 Å². The highest BCUT2D eigenvalue weighted by Crippen LogP contribution is 2.06. The number of rotatable bonds is 7. The van der Waals surface area contributed by atoms with Crippen molar-refractivity contribution in [2.75, 3.05) is 13.1 Å². The predicted molar refractivity (Wildman–Crippen MR) is 68.2 cm³/mol. The van der Waals surface area contributed by atoms with Gasteiger partial charge in [0.15, 0.2) is 0 Å². The largest absolute Gasteiger partial charge is 0.392 e. The molecule has 2 nitrogen and oxygen atoms in total. The van der Waals surface area contributed by atoms with Gasteiger partial charge in [0.25, 0.3) is 0 Å². The van der Waals surface area contributed by atoms with Gasteiger partial charge in [-0.1, -0.05) is 43.3 Å². The van der Waals surface area contributed by atoms with E-state index in [1.807, 2.05) is 31.2 Å². The Balaban J connectivity index is 2.54. The monoisotopic (exact) mass is 219 g/mol. The summed E-state index contributed by atoms with van der Waals surface area (Å²) < 4.78 is 0.